The van der Waals surface area contributed by atoms with Crippen LogP contribution in [0.5, 0.6) is 0 Å². The van der Waals surface area contributed by atoms with Crippen LogP contribution in [0, 0.1) is 0 Å². The molecule has 0 heterocycles. The van der Waals surface area contributed by atoms with Gasteiger partial charge >= 0.3 is 5.97 Å². The molecule has 0 saturated carbocycles. The first-order valence-corrected chi connectivity index (χ1v) is 6.63. The van der Waals surface area contributed by atoms with Crippen molar-refractivity contribution in [2.75, 3.05) is 13.6 Å². The van der Waals surface area contributed by atoms with Crippen LogP contribution in [0.25, 0.3) is 0 Å². The Morgan fingerprint density at radius 3 is 2.56 bits per heavy atom. The number of nitrogens with zero attached hydrogens (tertiary/aromatic N) is 1. The van der Waals surface area contributed by atoms with Crippen LogP contribution >= 0.6 is 0 Å². The lowest BCUT2D eigenvalue weighted by atomic mass is 10.2. The molecule has 0 saturated heterocycles. The smallest absolute Gasteiger partial charge is 0.335 e. The average molecular weight is 269 g/mol. The van der Waals surface area contributed by atoms with E-state index in [4.69, 9.17) is 5.11 Å². The Morgan fingerprint density at radius 1 is 1.44 bits per heavy atom. The number of benzene rings is 1. The Kier molecular flexibility index (Phi) is 4.26. The fourth-order valence-corrected chi connectivity index (χ4v) is 2.71. The second-order valence-electron chi connectivity index (χ2n) is 4.05. The average Bonchev–Trinajstić information content (AvgIpc) is 2.28. The number of carbonyl (C=O) groups is 1. The van der Waals surface area contributed by atoms with Gasteiger partial charge in [0, 0.05) is 13.6 Å². The van der Waals surface area contributed by atoms with E-state index in [0.29, 0.717) is 5.57 Å². The monoisotopic (exact) mass is 269 g/mol. The van der Waals surface area contributed by atoms with Gasteiger partial charge in [0.15, 0.2) is 0 Å². The van der Waals surface area contributed by atoms with Crippen molar-refractivity contribution in [2.24, 2.45) is 0 Å². The van der Waals surface area contributed by atoms with Gasteiger partial charge in [0.2, 0.25) is 10.0 Å². The molecule has 0 radical (unpaired) electrons. The van der Waals surface area contributed by atoms with Gasteiger partial charge in [0.25, 0.3) is 0 Å². The van der Waals surface area contributed by atoms with Crippen LogP contribution in [0.15, 0.2) is 41.3 Å². The molecular formula is C12H15NO4S. The number of sulfonamides is 1. The highest BCUT2D eigenvalue weighted by molar-refractivity contribution is 7.89. The van der Waals surface area contributed by atoms with Crippen molar-refractivity contribution in [3.63, 3.8) is 0 Å². The number of hydrogen-bond donors (Lipinski definition) is 1. The second-order valence-corrected chi connectivity index (χ2v) is 6.10. The molecule has 1 aromatic rings. The van der Waals surface area contributed by atoms with E-state index in [2.05, 4.69) is 6.58 Å². The molecule has 5 nitrogen and oxygen atoms in total. The van der Waals surface area contributed by atoms with Gasteiger partial charge in [0.1, 0.15) is 0 Å². The molecule has 0 spiro atoms. The maximum Gasteiger partial charge on any atom is 0.335 e. The van der Waals surface area contributed by atoms with E-state index in [-0.39, 0.29) is 17.0 Å². The summed E-state index contributed by atoms with van der Waals surface area (Å²) < 4.78 is 25.4. The summed E-state index contributed by atoms with van der Waals surface area (Å²) in [5.74, 6) is -1.16. The minimum absolute atomic E-state index is 0.0360. The van der Waals surface area contributed by atoms with Crippen molar-refractivity contribution < 1.29 is 18.3 Å². The van der Waals surface area contributed by atoms with Gasteiger partial charge in [-0.15, -0.1) is 0 Å². The molecule has 1 aromatic carbocycles. The van der Waals surface area contributed by atoms with Crippen LogP contribution in [0.4, 0.5) is 0 Å². The van der Waals surface area contributed by atoms with E-state index in [1.807, 2.05) is 0 Å². The zero-order valence-electron chi connectivity index (χ0n) is 10.3. The summed E-state index contributed by atoms with van der Waals surface area (Å²) in [5.41, 5.74) is 0.648. The molecule has 6 heteroatoms. The predicted molar refractivity (Wildman–Crippen MR) is 68.0 cm³/mol. The summed E-state index contributed by atoms with van der Waals surface area (Å²) in [4.78, 5) is 10.8. The summed E-state index contributed by atoms with van der Waals surface area (Å²) in [6.45, 7) is 5.56. The van der Waals surface area contributed by atoms with E-state index < -0.39 is 16.0 Å². The van der Waals surface area contributed by atoms with Gasteiger partial charge in [-0.3, -0.25) is 0 Å². The first-order valence-electron chi connectivity index (χ1n) is 5.19. The molecule has 0 fully saturated rings. The number of likely N-dealkylation sites (N-methyl/N-ethyl adjacent to an activating group) is 1. The number of hydrogen-bond acceptors (Lipinski definition) is 3. The fraction of sp³-hybridized carbons (Fsp3) is 0.250. The van der Waals surface area contributed by atoms with Gasteiger partial charge in [-0.05, 0) is 25.1 Å². The minimum Gasteiger partial charge on any atom is -0.478 e. The molecule has 1 N–H and O–H groups in total. The van der Waals surface area contributed by atoms with Crippen molar-refractivity contribution >= 4 is 16.0 Å². The molecule has 0 amide bonds. The second kappa shape index (κ2) is 5.32. The third-order valence-electron chi connectivity index (χ3n) is 2.28. The van der Waals surface area contributed by atoms with Gasteiger partial charge in [0.05, 0.1) is 10.5 Å². The Labute approximate surface area is 106 Å². The van der Waals surface area contributed by atoms with Gasteiger partial charge < -0.3 is 5.11 Å². The topological polar surface area (TPSA) is 74.7 Å². The fourth-order valence-electron chi connectivity index (χ4n) is 1.43. The summed E-state index contributed by atoms with van der Waals surface area (Å²) >= 11 is 0. The highest BCUT2D eigenvalue weighted by Gasteiger charge is 2.21. The zero-order valence-corrected chi connectivity index (χ0v) is 11.1. The Balaban J connectivity index is 3.16. The van der Waals surface area contributed by atoms with E-state index in [0.717, 1.165) is 10.4 Å². The van der Waals surface area contributed by atoms with E-state index in [1.54, 1.807) is 6.92 Å². The van der Waals surface area contributed by atoms with E-state index in [9.17, 15) is 13.2 Å². The molecule has 0 aliphatic rings. The Bertz CT molecular complexity index is 577. The lowest BCUT2D eigenvalue weighted by Crippen LogP contribution is -2.28. The quantitative estimate of drug-likeness (QED) is 0.823. The van der Waals surface area contributed by atoms with Crippen molar-refractivity contribution in [1.82, 2.24) is 4.31 Å². The van der Waals surface area contributed by atoms with Crippen LogP contribution < -0.4 is 0 Å². The lowest BCUT2D eigenvalue weighted by Gasteiger charge is -2.17. The molecule has 18 heavy (non-hydrogen) atoms. The number of carboxylic acid groups (broad SMARTS) is 1. The van der Waals surface area contributed by atoms with Crippen molar-refractivity contribution in [1.29, 1.82) is 0 Å². The summed E-state index contributed by atoms with van der Waals surface area (Å²) in [6.07, 6.45) is 0. The summed E-state index contributed by atoms with van der Waals surface area (Å²) in [5, 5.41) is 8.84. The normalized spacial score (nSPS) is 11.5. The first-order chi connectivity index (χ1) is 8.25. The highest BCUT2D eigenvalue weighted by atomic mass is 32.2. The van der Waals surface area contributed by atoms with E-state index >= 15 is 0 Å². The standard InChI is InChI=1S/C12H15NO4S/c1-9(2)8-13(3)18(16,17)11-6-4-5-10(7-11)12(14)15/h4-7H,1,8H2,2-3H3,(H,14,15). The molecule has 0 aromatic heterocycles. The number of aromatic carboxylic acids is 1. The van der Waals surface area contributed by atoms with Gasteiger partial charge in [-0.1, -0.05) is 18.2 Å². The maximum atomic E-state index is 12.1. The largest absolute Gasteiger partial charge is 0.478 e. The molecule has 1 rings (SSSR count). The summed E-state index contributed by atoms with van der Waals surface area (Å²) in [6, 6.07) is 5.27. The maximum absolute atomic E-state index is 12.1. The van der Waals surface area contributed by atoms with Gasteiger partial charge in [-0.2, -0.15) is 4.31 Å². The van der Waals surface area contributed by atoms with Gasteiger partial charge in [-0.25, -0.2) is 13.2 Å². The molecule has 0 aliphatic heterocycles. The van der Waals surface area contributed by atoms with Crippen LogP contribution in [0.1, 0.15) is 17.3 Å². The van der Waals surface area contributed by atoms with Crippen LogP contribution in [0.2, 0.25) is 0 Å². The summed E-state index contributed by atoms with van der Waals surface area (Å²) in [7, 11) is -2.25. The Hall–Kier alpha value is -1.66. The molecule has 0 bridgehead atoms. The molecule has 0 atom stereocenters. The van der Waals surface area contributed by atoms with Crippen LogP contribution in [0.3, 0.4) is 0 Å². The highest BCUT2D eigenvalue weighted by Crippen LogP contribution is 2.16. The van der Waals surface area contributed by atoms with Crippen molar-refractivity contribution in [3.8, 4) is 0 Å². The van der Waals surface area contributed by atoms with Crippen LogP contribution in [-0.4, -0.2) is 37.4 Å². The molecule has 0 unspecified atom stereocenters. The molecule has 0 aliphatic carbocycles. The van der Waals surface area contributed by atoms with Crippen LogP contribution in [-0.2, 0) is 10.0 Å². The zero-order chi connectivity index (χ0) is 13.9. The minimum atomic E-state index is -3.68. The SMILES string of the molecule is C=C(C)CN(C)S(=O)(=O)c1cccc(C(=O)O)c1. The third-order valence-corrected chi connectivity index (χ3v) is 4.08. The third kappa shape index (κ3) is 3.18. The first kappa shape index (κ1) is 14.4. The molecule has 98 valence electrons. The van der Waals surface area contributed by atoms with Crippen molar-refractivity contribution in [3.05, 3.63) is 42.0 Å². The Morgan fingerprint density at radius 2 is 2.06 bits per heavy atom. The van der Waals surface area contributed by atoms with E-state index in [1.165, 1.54) is 25.2 Å². The predicted octanol–water partition coefficient (Wildman–Crippen LogP) is 1.58. The number of carboxylic acids is 1. The van der Waals surface area contributed by atoms with Crippen molar-refractivity contribution in [2.45, 2.75) is 11.8 Å². The number of rotatable bonds is 5. The lowest BCUT2D eigenvalue weighted by molar-refractivity contribution is 0.0696. The molecular weight excluding hydrogens is 254 g/mol.